The van der Waals surface area contributed by atoms with Gasteiger partial charge >= 0.3 is 0 Å². The number of aromatic nitrogens is 2. The number of nitrogens with two attached hydrogens (primary N) is 1. The minimum absolute atomic E-state index is 0.0158. The Morgan fingerprint density at radius 2 is 2.04 bits per heavy atom. The number of nitriles is 1. The van der Waals surface area contributed by atoms with Crippen LogP contribution in [0.15, 0.2) is 30.7 Å². The van der Waals surface area contributed by atoms with E-state index >= 15 is 0 Å². The number of fused-ring (bicyclic) bond motifs is 1. The summed E-state index contributed by atoms with van der Waals surface area (Å²) in [7, 11) is 0. The second-order valence-corrected chi connectivity index (χ2v) is 6.39. The zero-order valence-corrected chi connectivity index (χ0v) is 14.7. The molecule has 3 rings (SSSR count). The zero-order chi connectivity index (χ0) is 18.1. The lowest BCUT2D eigenvalue weighted by atomic mass is 9.99. The molecule has 0 bridgehead atoms. The number of nitrogens with zero attached hydrogens (tertiary/aromatic N) is 3. The third kappa shape index (κ3) is 2.75. The van der Waals surface area contributed by atoms with Gasteiger partial charge in [-0.2, -0.15) is 5.26 Å². The number of rotatable bonds is 4. The van der Waals surface area contributed by atoms with Gasteiger partial charge in [-0.1, -0.05) is 6.92 Å². The van der Waals surface area contributed by atoms with Crippen molar-refractivity contribution in [1.29, 1.82) is 5.26 Å². The highest BCUT2D eigenvalue weighted by atomic mass is 16.3. The number of nitrogen functional groups attached to an aromatic ring is 1. The molecule has 25 heavy (non-hydrogen) atoms. The van der Waals surface area contributed by atoms with Gasteiger partial charge in [-0.15, -0.1) is 0 Å². The Kier molecular flexibility index (Phi) is 4.47. The molecule has 0 saturated heterocycles. The summed E-state index contributed by atoms with van der Waals surface area (Å²) in [6, 6.07) is 6.18. The number of pyridine rings is 1. The maximum Gasteiger partial charge on any atom is 0.0994 e. The van der Waals surface area contributed by atoms with Crippen molar-refractivity contribution >= 4 is 16.6 Å². The number of hydrogen-bond acceptors (Lipinski definition) is 4. The highest BCUT2D eigenvalue weighted by Crippen LogP contribution is 2.37. The van der Waals surface area contributed by atoms with Crippen molar-refractivity contribution in [3.63, 3.8) is 0 Å². The smallest absolute Gasteiger partial charge is 0.0994 e. The van der Waals surface area contributed by atoms with Crippen molar-refractivity contribution in [3.8, 4) is 17.2 Å². The molecule has 0 aliphatic rings. The number of hydrogen-bond donors (Lipinski definition) is 2. The topological polar surface area (TPSA) is 87.9 Å². The maximum atomic E-state index is 9.78. The fourth-order valence-electron chi connectivity index (χ4n) is 3.26. The van der Waals surface area contributed by atoms with Crippen LogP contribution < -0.4 is 5.73 Å². The lowest BCUT2D eigenvalue weighted by Gasteiger charge is -2.15. The first-order chi connectivity index (χ1) is 12.0. The molecular formula is C20H22N4O. The fourth-order valence-corrected chi connectivity index (χ4v) is 3.26. The van der Waals surface area contributed by atoms with Crippen LogP contribution in [0, 0.1) is 25.2 Å². The van der Waals surface area contributed by atoms with Gasteiger partial charge in [-0.05, 0) is 43.5 Å². The van der Waals surface area contributed by atoms with E-state index in [2.05, 4.69) is 22.5 Å². The minimum Gasteiger partial charge on any atom is -0.397 e. The van der Waals surface area contributed by atoms with Gasteiger partial charge in [0.15, 0.2) is 0 Å². The molecule has 0 fully saturated rings. The maximum absolute atomic E-state index is 9.78. The second kappa shape index (κ2) is 6.58. The van der Waals surface area contributed by atoms with Crippen molar-refractivity contribution in [1.82, 2.24) is 9.55 Å². The number of anilines is 1. The third-order valence-electron chi connectivity index (χ3n) is 4.92. The van der Waals surface area contributed by atoms with Crippen LogP contribution in [0.3, 0.4) is 0 Å². The molecule has 0 aliphatic carbocycles. The zero-order valence-electron chi connectivity index (χ0n) is 14.7. The molecule has 128 valence electrons. The predicted octanol–water partition coefficient (Wildman–Crippen LogP) is 3.72. The van der Waals surface area contributed by atoms with Crippen LogP contribution in [-0.2, 0) is 0 Å². The monoisotopic (exact) mass is 334 g/mol. The van der Waals surface area contributed by atoms with E-state index in [1.807, 2.05) is 32.2 Å². The summed E-state index contributed by atoms with van der Waals surface area (Å²) >= 11 is 0. The number of benzene rings is 1. The van der Waals surface area contributed by atoms with Crippen molar-refractivity contribution in [2.45, 2.75) is 33.2 Å². The molecule has 0 radical (unpaired) electrons. The molecule has 5 nitrogen and oxygen atoms in total. The molecule has 2 heterocycles. The minimum atomic E-state index is -0.0158. The van der Waals surface area contributed by atoms with E-state index in [9.17, 15) is 10.4 Å². The van der Waals surface area contributed by atoms with Gasteiger partial charge in [0, 0.05) is 34.4 Å². The van der Waals surface area contributed by atoms with Gasteiger partial charge in [-0.3, -0.25) is 4.98 Å². The van der Waals surface area contributed by atoms with Gasteiger partial charge in [-0.25, -0.2) is 0 Å². The standard InChI is InChI=1S/C20H22N4O/c1-4-15(11-25)24-10-18(17-8-23-9-19(22)13(17)3)16-6-14(7-21)12(2)5-20(16)24/h5-6,8-10,15,25H,4,11,22H2,1-3H3. The molecule has 3 aromatic rings. The normalized spacial score (nSPS) is 12.3. The molecule has 1 atom stereocenters. The van der Waals surface area contributed by atoms with E-state index in [-0.39, 0.29) is 12.6 Å². The summed E-state index contributed by atoms with van der Waals surface area (Å²) in [6.45, 7) is 6.02. The summed E-state index contributed by atoms with van der Waals surface area (Å²) in [5, 5.41) is 20.2. The lowest BCUT2D eigenvalue weighted by Crippen LogP contribution is -2.11. The average molecular weight is 334 g/mol. The first-order valence-corrected chi connectivity index (χ1v) is 8.38. The Morgan fingerprint density at radius 3 is 2.68 bits per heavy atom. The van der Waals surface area contributed by atoms with Crippen molar-refractivity contribution in [3.05, 3.63) is 47.4 Å². The molecule has 1 unspecified atom stereocenters. The Balaban J connectivity index is 2.39. The lowest BCUT2D eigenvalue weighted by molar-refractivity contribution is 0.227. The Bertz CT molecular complexity index is 978. The van der Waals surface area contributed by atoms with E-state index in [4.69, 9.17) is 5.73 Å². The summed E-state index contributed by atoms with van der Waals surface area (Å²) in [4.78, 5) is 4.23. The van der Waals surface area contributed by atoms with Crippen LogP contribution in [0.1, 0.15) is 36.1 Å². The van der Waals surface area contributed by atoms with E-state index in [1.54, 1.807) is 12.4 Å². The summed E-state index contributed by atoms with van der Waals surface area (Å²) < 4.78 is 2.10. The summed E-state index contributed by atoms with van der Waals surface area (Å²) in [6.07, 6.45) is 6.30. The van der Waals surface area contributed by atoms with Crippen LogP contribution in [0.4, 0.5) is 5.69 Å². The van der Waals surface area contributed by atoms with Crippen molar-refractivity contribution < 1.29 is 5.11 Å². The highest BCUT2D eigenvalue weighted by Gasteiger charge is 2.18. The van der Waals surface area contributed by atoms with E-state index in [0.717, 1.165) is 39.6 Å². The first-order valence-electron chi connectivity index (χ1n) is 8.38. The molecule has 1 aromatic carbocycles. The highest BCUT2D eigenvalue weighted by molar-refractivity contribution is 5.98. The molecule has 0 aliphatic heterocycles. The van der Waals surface area contributed by atoms with Crippen molar-refractivity contribution in [2.75, 3.05) is 12.3 Å². The Hall–Kier alpha value is -2.84. The van der Waals surface area contributed by atoms with Crippen LogP contribution in [0.2, 0.25) is 0 Å². The first kappa shape index (κ1) is 17.0. The van der Waals surface area contributed by atoms with Gasteiger partial charge in [0.1, 0.15) is 0 Å². The number of aliphatic hydroxyl groups excluding tert-OH is 1. The van der Waals surface area contributed by atoms with Crippen LogP contribution in [-0.4, -0.2) is 21.3 Å². The predicted molar refractivity (Wildman–Crippen MR) is 100 cm³/mol. The van der Waals surface area contributed by atoms with Crippen LogP contribution in [0.5, 0.6) is 0 Å². The van der Waals surface area contributed by atoms with Crippen LogP contribution >= 0.6 is 0 Å². The quantitative estimate of drug-likeness (QED) is 0.761. The second-order valence-electron chi connectivity index (χ2n) is 6.39. The molecule has 0 saturated carbocycles. The van der Waals surface area contributed by atoms with Crippen molar-refractivity contribution in [2.24, 2.45) is 0 Å². The molecule has 0 amide bonds. The largest absolute Gasteiger partial charge is 0.397 e. The molecule has 5 heteroatoms. The van der Waals surface area contributed by atoms with Gasteiger partial charge in [0.25, 0.3) is 0 Å². The SMILES string of the molecule is CCC(CO)n1cc(-c2cncc(N)c2C)c2cc(C#N)c(C)cc21. The number of aliphatic hydroxyl groups is 1. The summed E-state index contributed by atoms with van der Waals surface area (Å²) in [5.41, 5.74) is 12.2. The van der Waals surface area contributed by atoms with E-state index in [0.29, 0.717) is 11.3 Å². The fraction of sp³-hybridized carbons (Fsp3) is 0.300. The Labute approximate surface area is 147 Å². The van der Waals surface area contributed by atoms with E-state index < -0.39 is 0 Å². The molecule has 3 N–H and O–H groups in total. The Morgan fingerprint density at radius 1 is 1.28 bits per heavy atom. The van der Waals surface area contributed by atoms with E-state index in [1.165, 1.54) is 0 Å². The van der Waals surface area contributed by atoms with Gasteiger partial charge < -0.3 is 15.4 Å². The van der Waals surface area contributed by atoms with Gasteiger partial charge in [0.05, 0.1) is 36.2 Å². The van der Waals surface area contributed by atoms with Gasteiger partial charge in [0.2, 0.25) is 0 Å². The average Bonchev–Trinajstić information content (AvgIpc) is 2.96. The van der Waals surface area contributed by atoms with Crippen LogP contribution in [0.25, 0.3) is 22.0 Å². The summed E-state index contributed by atoms with van der Waals surface area (Å²) in [5.74, 6) is 0. The third-order valence-corrected chi connectivity index (χ3v) is 4.92. The number of aryl methyl sites for hydroxylation is 1. The molecule has 0 spiro atoms. The molecule has 2 aromatic heterocycles. The molecular weight excluding hydrogens is 312 g/mol.